The molecule has 0 aromatic heterocycles. The molecule has 70 valence electrons. The van der Waals surface area contributed by atoms with Crippen LogP contribution in [0.15, 0.2) is 30.3 Å². The van der Waals surface area contributed by atoms with E-state index < -0.39 is 6.10 Å². The average Bonchev–Trinajstić information content (AvgIpc) is 2.18. The van der Waals surface area contributed by atoms with Gasteiger partial charge in [0, 0.05) is 6.42 Å². The highest BCUT2D eigenvalue weighted by Crippen LogP contribution is 2.03. The molecule has 0 radical (unpaired) electrons. The Kier molecular flexibility index (Phi) is 3.65. The second-order valence-corrected chi connectivity index (χ2v) is 3.05. The molecule has 1 unspecified atom stereocenters. The largest absolute Gasteiger partial charge is 0.385 e. The number of benzene rings is 1. The summed E-state index contributed by atoms with van der Waals surface area (Å²) in [4.78, 5) is 11.3. The van der Waals surface area contributed by atoms with Crippen molar-refractivity contribution in [1.82, 2.24) is 0 Å². The monoisotopic (exact) mass is 178 g/mol. The molecule has 0 spiro atoms. The molecule has 13 heavy (non-hydrogen) atoms. The lowest BCUT2D eigenvalue weighted by Gasteiger charge is -2.05. The van der Waals surface area contributed by atoms with E-state index in [0.717, 1.165) is 5.56 Å². The number of rotatable bonds is 4. The normalized spacial score (nSPS) is 12.5. The predicted octanol–water partition coefficient (Wildman–Crippen LogP) is 1.57. The topological polar surface area (TPSA) is 37.3 Å². The average molecular weight is 178 g/mol. The van der Waals surface area contributed by atoms with Gasteiger partial charge in [-0.15, -0.1) is 0 Å². The maximum absolute atomic E-state index is 11.3. The smallest absolute Gasteiger partial charge is 0.165 e. The minimum atomic E-state index is -0.805. The Morgan fingerprint density at radius 1 is 1.38 bits per heavy atom. The summed E-state index contributed by atoms with van der Waals surface area (Å²) in [6.45, 7) is 1.80. The summed E-state index contributed by atoms with van der Waals surface area (Å²) < 4.78 is 0. The molecule has 0 saturated heterocycles. The van der Waals surface area contributed by atoms with Crippen LogP contribution in [0.25, 0.3) is 0 Å². The number of ketones is 1. The third kappa shape index (κ3) is 2.99. The van der Waals surface area contributed by atoms with E-state index in [0.29, 0.717) is 12.8 Å². The van der Waals surface area contributed by atoms with Crippen molar-refractivity contribution >= 4 is 5.78 Å². The van der Waals surface area contributed by atoms with Crippen molar-refractivity contribution in [2.45, 2.75) is 25.9 Å². The van der Waals surface area contributed by atoms with Crippen LogP contribution >= 0.6 is 0 Å². The SMILES string of the molecule is CCC(O)C(=O)Cc1ccccc1. The minimum absolute atomic E-state index is 0.103. The quantitative estimate of drug-likeness (QED) is 0.759. The van der Waals surface area contributed by atoms with Gasteiger partial charge in [-0.05, 0) is 12.0 Å². The van der Waals surface area contributed by atoms with Gasteiger partial charge in [0.25, 0.3) is 0 Å². The van der Waals surface area contributed by atoms with Crippen LogP contribution in [0.5, 0.6) is 0 Å². The van der Waals surface area contributed by atoms with E-state index in [1.807, 2.05) is 30.3 Å². The summed E-state index contributed by atoms with van der Waals surface area (Å²) in [5.41, 5.74) is 0.958. The van der Waals surface area contributed by atoms with Gasteiger partial charge >= 0.3 is 0 Å². The number of carbonyl (C=O) groups is 1. The van der Waals surface area contributed by atoms with E-state index in [4.69, 9.17) is 0 Å². The lowest BCUT2D eigenvalue weighted by atomic mass is 10.0. The molecule has 1 aromatic carbocycles. The Balaban J connectivity index is 2.55. The van der Waals surface area contributed by atoms with E-state index in [1.165, 1.54) is 0 Å². The van der Waals surface area contributed by atoms with Crippen LogP contribution in [-0.2, 0) is 11.2 Å². The summed E-state index contributed by atoms with van der Waals surface area (Å²) in [6, 6.07) is 9.46. The maximum Gasteiger partial charge on any atom is 0.165 e. The van der Waals surface area contributed by atoms with Gasteiger partial charge in [-0.3, -0.25) is 4.79 Å². The summed E-state index contributed by atoms with van der Waals surface area (Å²) in [5.74, 6) is -0.103. The van der Waals surface area contributed by atoms with Gasteiger partial charge in [0.1, 0.15) is 6.10 Å². The molecule has 0 heterocycles. The molecule has 1 N–H and O–H groups in total. The van der Waals surface area contributed by atoms with Crippen molar-refractivity contribution in [2.24, 2.45) is 0 Å². The van der Waals surface area contributed by atoms with Gasteiger partial charge in [0.05, 0.1) is 0 Å². The van der Waals surface area contributed by atoms with Crippen molar-refractivity contribution in [2.75, 3.05) is 0 Å². The van der Waals surface area contributed by atoms with E-state index >= 15 is 0 Å². The van der Waals surface area contributed by atoms with Gasteiger partial charge in [-0.2, -0.15) is 0 Å². The molecule has 2 heteroatoms. The molecule has 1 aromatic rings. The molecule has 0 amide bonds. The Morgan fingerprint density at radius 3 is 2.54 bits per heavy atom. The molecule has 0 aliphatic heterocycles. The first-order valence-electron chi connectivity index (χ1n) is 4.48. The van der Waals surface area contributed by atoms with Crippen LogP contribution in [0.3, 0.4) is 0 Å². The molecule has 0 bridgehead atoms. The first kappa shape index (κ1) is 9.93. The second-order valence-electron chi connectivity index (χ2n) is 3.05. The summed E-state index contributed by atoms with van der Waals surface area (Å²) >= 11 is 0. The van der Waals surface area contributed by atoms with Crippen LogP contribution in [0.1, 0.15) is 18.9 Å². The standard InChI is InChI=1S/C11H14O2/c1-2-10(12)11(13)8-9-6-4-3-5-7-9/h3-7,10,12H,2,8H2,1H3. The summed E-state index contributed by atoms with van der Waals surface area (Å²) in [7, 11) is 0. The van der Waals surface area contributed by atoms with Crippen LogP contribution in [0, 0.1) is 0 Å². The molecule has 0 saturated carbocycles. The number of aliphatic hydroxyl groups excluding tert-OH is 1. The molecule has 0 aliphatic carbocycles. The van der Waals surface area contributed by atoms with Gasteiger partial charge in [0.15, 0.2) is 5.78 Å². The molecule has 1 rings (SSSR count). The number of Topliss-reactive ketones (excluding diaryl/α,β-unsaturated/α-hetero) is 1. The third-order valence-electron chi connectivity index (χ3n) is 1.98. The number of hydrogen-bond acceptors (Lipinski definition) is 2. The molecule has 0 fully saturated rings. The Labute approximate surface area is 78.2 Å². The third-order valence-corrected chi connectivity index (χ3v) is 1.98. The van der Waals surface area contributed by atoms with Crippen LogP contribution in [0.4, 0.5) is 0 Å². The Morgan fingerprint density at radius 2 is 2.00 bits per heavy atom. The number of hydrogen-bond donors (Lipinski definition) is 1. The minimum Gasteiger partial charge on any atom is -0.385 e. The Hall–Kier alpha value is -1.15. The zero-order chi connectivity index (χ0) is 9.68. The van der Waals surface area contributed by atoms with Crippen LogP contribution in [-0.4, -0.2) is 17.0 Å². The highest BCUT2D eigenvalue weighted by Gasteiger charge is 2.12. The molecule has 2 nitrogen and oxygen atoms in total. The maximum atomic E-state index is 11.3. The first-order valence-corrected chi connectivity index (χ1v) is 4.48. The molecular formula is C11H14O2. The van der Waals surface area contributed by atoms with Crippen molar-refractivity contribution in [3.8, 4) is 0 Å². The fourth-order valence-electron chi connectivity index (χ4n) is 1.14. The lowest BCUT2D eigenvalue weighted by Crippen LogP contribution is -2.20. The fraction of sp³-hybridized carbons (Fsp3) is 0.364. The van der Waals surface area contributed by atoms with Gasteiger partial charge in [-0.25, -0.2) is 0 Å². The number of aliphatic hydroxyl groups is 1. The van der Waals surface area contributed by atoms with Gasteiger partial charge < -0.3 is 5.11 Å². The Bertz CT molecular complexity index is 267. The second kappa shape index (κ2) is 4.77. The van der Waals surface area contributed by atoms with E-state index in [1.54, 1.807) is 6.92 Å². The molecule has 0 aliphatic rings. The highest BCUT2D eigenvalue weighted by atomic mass is 16.3. The molecule has 1 atom stereocenters. The zero-order valence-corrected chi connectivity index (χ0v) is 7.73. The van der Waals surface area contributed by atoms with E-state index in [9.17, 15) is 9.90 Å². The summed E-state index contributed by atoms with van der Waals surface area (Å²) in [5, 5.41) is 9.24. The van der Waals surface area contributed by atoms with Crippen molar-refractivity contribution in [3.05, 3.63) is 35.9 Å². The van der Waals surface area contributed by atoms with Crippen molar-refractivity contribution in [3.63, 3.8) is 0 Å². The predicted molar refractivity (Wildman–Crippen MR) is 51.5 cm³/mol. The van der Waals surface area contributed by atoms with E-state index in [2.05, 4.69) is 0 Å². The fourth-order valence-corrected chi connectivity index (χ4v) is 1.14. The van der Waals surface area contributed by atoms with Crippen molar-refractivity contribution in [1.29, 1.82) is 0 Å². The first-order chi connectivity index (χ1) is 6.24. The lowest BCUT2D eigenvalue weighted by molar-refractivity contribution is -0.126. The van der Waals surface area contributed by atoms with Crippen molar-refractivity contribution < 1.29 is 9.90 Å². The van der Waals surface area contributed by atoms with Crippen LogP contribution in [0.2, 0.25) is 0 Å². The van der Waals surface area contributed by atoms with Crippen LogP contribution < -0.4 is 0 Å². The zero-order valence-electron chi connectivity index (χ0n) is 7.73. The summed E-state index contributed by atoms with van der Waals surface area (Å²) in [6.07, 6.45) is 0.0156. The molecular weight excluding hydrogens is 164 g/mol. The number of carbonyl (C=O) groups excluding carboxylic acids is 1. The highest BCUT2D eigenvalue weighted by molar-refractivity contribution is 5.84. The van der Waals surface area contributed by atoms with Gasteiger partial charge in [0.2, 0.25) is 0 Å². The van der Waals surface area contributed by atoms with E-state index in [-0.39, 0.29) is 5.78 Å². The van der Waals surface area contributed by atoms with Gasteiger partial charge in [-0.1, -0.05) is 37.3 Å².